The molecule has 3 aromatic carbocycles. The molecule has 1 aliphatic carbocycles. The lowest BCUT2D eigenvalue weighted by Gasteiger charge is -2.17. The van der Waals surface area contributed by atoms with Crippen LogP contribution in [0.4, 0.5) is 5.69 Å². The maximum atomic E-state index is 13.3. The van der Waals surface area contributed by atoms with Gasteiger partial charge in [-0.05, 0) is 65.9 Å². The Morgan fingerprint density at radius 3 is 2.46 bits per heavy atom. The number of allylic oxidation sites excluding steroid dienone is 1. The summed E-state index contributed by atoms with van der Waals surface area (Å²) >= 11 is 0. The molecule has 174 valence electrons. The number of esters is 1. The van der Waals surface area contributed by atoms with Gasteiger partial charge in [0.1, 0.15) is 5.75 Å². The fourth-order valence-corrected chi connectivity index (χ4v) is 4.38. The molecule has 1 heterocycles. The Labute approximate surface area is 203 Å². The zero-order valence-corrected chi connectivity index (χ0v) is 19.3. The number of para-hydroxylation sites is 2. The van der Waals surface area contributed by atoms with Gasteiger partial charge in [-0.3, -0.25) is 4.79 Å². The summed E-state index contributed by atoms with van der Waals surface area (Å²) in [6.45, 7) is -0.355. The molecular weight excluding hydrogens is 440 g/mol. The predicted molar refractivity (Wildman–Crippen MR) is 136 cm³/mol. The van der Waals surface area contributed by atoms with Crippen LogP contribution in [0.1, 0.15) is 33.6 Å². The molecule has 4 aromatic rings. The quantitative estimate of drug-likeness (QED) is 0.408. The molecule has 1 aliphatic rings. The molecule has 0 fully saturated rings. The van der Waals surface area contributed by atoms with Crippen molar-refractivity contribution in [3.63, 3.8) is 0 Å². The van der Waals surface area contributed by atoms with Gasteiger partial charge in [-0.25, -0.2) is 9.78 Å². The molecule has 6 heteroatoms. The molecule has 1 amide bonds. The molecule has 1 aromatic heterocycles. The highest BCUT2D eigenvalue weighted by Gasteiger charge is 2.28. The number of fused-ring (bicyclic) bond motifs is 2. The van der Waals surface area contributed by atoms with Crippen LogP contribution in [0.5, 0.6) is 5.75 Å². The Balaban J connectivity index is 1.45. The van der Waals surface area contributed by atoms with E-state index in [1.807, 2.05) is 72.8 Å². The third-order valence-corrected chi connectivity index (χ3v) is 6.22. The molecular formula is C29H24N2O4. The van der Waals surface area contributed by atoms with Crippen molar-refractivity contribution in [3.05, 3.63) is 101 Å². The first-order valence-corrected chi connectivity index (χ1v) is 11.4. The van der Waals surface area contributed by atoms with Gasteiger partial charge in [0.25, 0.3) is 5.91 Å². The molecule has 0 unspecified atom stereocenters. The minimum Gasteiger partial charge on any atom is -0.508 e. The lowest BCUT2D eigenvalue weighted by Crippen LogP contribution is -2.31. The van der Waals surface area contributed by atoms with E-state index in [0.717, 1.165) is 34.5 Å². The van der Waals surface area contributed by atoms with Gasteiger partial charge in [-0.2, -0.15) is 0 Å². The van der Waals surface area contributed by atoms with Crippen molar-refractivity contribution in [2.75, 3.05) is 18.6 Å². The van der Waals surface area contributed by atoms with Gasteiger partial charge in [0.2, 0.25) is 0 Å². The van der Waals surface area contributed by atoms with E-state index in [1.54, 1.807) is 19.2 Å². The fourth-order valence-electron chi connectivity index (χ4n) is 4.38. The van der Waals surface area contributed by atoms with Crippen molar-refractivity contribution in [2.45, 2.75) is 12.8 Å². The number of nitrogens with zero attached hydrogens (tertiary/aromatic N) is 2. The average molecular weight is 465 g/mol. The van der Waals surface area contributed by atoms with Crippen molar-refractivity contribution in [1.29, 1.82) is 0 Å². The van der Waals surface area contributed by atoms with Crippen LogP contribution in [0, 0.1) is 0 Å². The molecule has 0 spiro atoms. The van der Waals surface area contributed by atoms with Crippen LogP contribution < -0.4 is 4.90 Å². The number of aromatic hydroxyl groups is 1. The van der Waals surface area contributed by atoms with Gasteiger partial charge in [0, 0.05) is 18.1 Å². The maximum absolute atomic E-state index is 13.3. The number of likely N-dealkylation sites (N-methyl/N-ethyl adjacent to an activating group) is 1. The van der Waals surface area contributed by atoms with Crippen LogP contribution in [0.3, 0.4) is 0 Å². The van der Waals surface area contributed by atoms with E-state index in [1.165, 1.54) is 4.90 Å². The zero-order chi connectivity index (χ0) is 24.4. The standard InChI is InChI=1S/C29H24N2O4/c1-31(21-7-3-2-4-8-21)26(33)18-35-29(34)27-23-9-5-6-10-25(23)30-28-20(13-16-24(27)28)17-19-11-14-22(32)15-12-19/h2-12,14-15,17,32H,13,16,18H2,1H3. The number of pyridine rings is 1. The number of ether oxygens (including phenoxy) is 1. The SMILES string of the molecule is CN(C(=O)COC(=O)c1c2c(nc3ccccc13)C(=Cc1ccc(O)cc1)CC2)c1ccccc1. The number of benzene rings is 3. The highest BCUT2D eigenvalue weighted by atomic mass is 16.5. The number of carbonyl (C=O) groups excluding carboxylic acids is 2. The molecule has 0 aliphatic heterocycles. The van der Waals surface area contributed by atoms with Crippen molar-refractivity contribution >= 4 is 40.1 Å². The van der Waals surface area contributed by atoms with Gasteiger partial charge >= 0.3 is 5.97 Å². The van der Waals surface area contributed by atoms with Crippen LogP contribution in [-0.2, 0) is 16.0 Å². The smallest absolute Gasteiger partial charge is 0.339 e. The first kappa shape index (κ1) is 22.3. The second kappa shape index (κ2) is 9.43. The minimum absolute atomic E-state index is 0.209. The Kier molecular flexibility index (Phi) is 6.02. The summed E-state index contributed by atoms with van der Waals surface area (Å²) in [6, 6.07) is 23.7. The molecule has 0 radical (unpaired) electrons. The van der Waals surface area contributed by atoms with Gasteiger partial charge in [-0.15, -0.1) is 0 Å². The normalized spacial score (nSPS) is 13.6. The summed E-state index contributed by atoms with van der Waals surface area (Å²) < 4.78 is 5.53. The Bertz CT molecular complexity index is 1440. The van der Waals surface area contributed by atoms with Gasteiger partial charge in [0.05, 0.1) is 16.8 Å². The van der Waals surface area contributed by atoms with Crippen molar-refractivity contribution < 1.29 is 19.4 Å². The predicted octanol–water partition coefficient (Wildman–Crippen LogP) is 5.25. The highest BCUT2D eigenvalue weighted by Crippen LogP contribution is 2.38. The molecule has 6 nitrogen and oxygen atoms in total. The number of amides is 1. The number of aromatic nitrogens is 1. The summed E-state index contributed by atoms with van der Waals surface area (Å²) in [6.07, 6.45) is 3.41. The summed E-state index contributed by atoms with van der Waals surface area (Å²) in [5.41, 5.74) is 5.47. The third-order valence-electron chi connectivity index (χ3n) is 6.22. The lowest BCUT2D eigenvalue weighted by atomic mass is 10.0. The molecule has 0 bridgehead atoms. The van der Waals surface area contributed by atoms with E-state index in [2.05, 4.69) is 0 Å². The Morgan fingerprint density at radius 1 is 0.971 bits per heavy atom. The van der Waals surface area contributed by atoms with E-state index in [-0.39, 0.29) is 18.3 Å². The number of hydrogen-bond acceptors (Lipinski definition) is 5. The molecule has 1 N–H and O–H groups in total. The summed E-state index contributed by atoms with van der Waals surface area (Å²) in [7, 11) is 1.66. The first-order chi connectivity index (χ1) is 17.0. The third kappa shape index (κ3) is 4.51. The van der Waals surface area contributed by atoms with Crippen LogP contribution in [-0.4, -0.2) is 35.6 Å². The van der Waals surface area contributed by atoms with Crippen molar-refractivity contribution in [1.82, 2.24) is 4.98 Å². The average Bonchev–Trinajstić information content (AvgIpc) is 3.28. The Morgan fingerprint density at radius 2 is 1.69 bits per heavy atom. The molecule has 0 atom stereocenters. The number of anilines is 1. The van der Waals surface area contributed by atoms with Crippen LogP contribution in [0.25, 0.3) is 22.6 Å². The number of hydrogen-bond donors (Lipinski definition) is 1. The van der Waals surface area contributed by atoms with E-state index < -0.39 is 5.97 Å². The van der Waals surface area contributed by atoms with Gasteiger partial charge < -0.3 is 14.7 Å². The summed E-state index contributed by atoms with van der Waals surface area (Å²) in [5.74, 6) is -0.631. The lowest BCUT2D eigenvalue weighted by molar-refractivity contribution is -0.121. The molecule has 0 saturated heterocycles. The minimum atomic E-state index is -0.527. The van der Waals surface area contributed by atoms with E-state index in [4.69, 9.17) is 9.72 Å². The van der Waals surface area contributed by atoms with E-state index >= 15 is 0 Å². The van der Waals surface area contributed by atoms with Crippen molar-refractivity contribution in [2.24, 2.45) is 0 Å². The highest BCUT2D eigenvalue weighted by molar-refractivity contribution is 6.08. The first-order valence-electron chi connectivity index (χ1n) is 11.4. The van der Waals surface area contributed by atoms with Crippen LogP contribution in [0.15, 0.2) is 78.9 Å². The number of carbonyl (C=O) groups is 2. The van der Waals surface area contributed by atoms with Gasteiger partial charge in [0.15, 0.2) is 6.61 Å². The second-order valence-electron chi connectivity index (χ2n) is 8.46. The number of phenols is 1. The topological polar surface area (TPSA) is 79.7 Å². The summed E-state index contributed by atoms with van der Waals surface area (Å²) in [5, 5.41) is 10.3. The van der Waals surface area contributed by atoms with E-state index in [0.29, 0.717) is 22.9 Å². The van der Waals surface area contributed by atoms with Crippen LogP contribution in [0.2, 0.25) is 0 Å². The van der Waals surface area contributed by atoms with Gasteiger partial charge in [-0.1, -0.05) is 48.5 Å². The maximum Gasteiger partial charge on any atom is 0.339 e. The largest absolute Gasteiger partial charge is 0.508 e. The van der Waals surface area contributed by atoms with Crippen LogP contribution >= 0.6 is 0 Å². The number of rotatable bonds is 5. The monoisotopic (exact) mass is 464 g/mol. The summed E-state index contributed by atoms with van der Waals surface area (Å²) in [4.78, 5) is 32.3. The molecule has 0 saturated carbocycles. The number of phenolic OH excluding ortho intramolecular Hbond substituents is 1. The molecule has 5 rings (SSSR count). The fraction of sp³-hybridized carbons (Fsp3) is 0.138. The zero-order valence-electron chi connectivity index (χ0n) is 19.3. The Hall–Kier alpha value is -4.45. The van der Waals surface area contributed by atoms with E-state index in [9.17, 15) is 14.7 Å². The van der Waals surface area contributed by atoms with Crippen molar-refractivity contribution in [3.8, 4) is 5.75 Å². The molecule has 35 heavy (non-hydrogen) atoms. The second-order valence-corrected chi connectivity index (χ2v) is 8.46.